The molecule has 2 amide bonds. The molecule has 2 fully saturated rings. The quantitative estimate of drug-likeness (QED) is 0.391. The molecule has 230 valence electrons. The largest absolute Gasteiger partial charge is 0.490 e. The highest BCUT2D eigenvalue weighted by Crippen LogP contribution is 2.43. The van der Waals surface area contributed by atoms with Gasteiger partial charge in [0.05, 0.1) is 6.54 Å². The number of primary amides is 1. The van der Waals surface area contributed by atoms with Crippen molar-refractivity contribution in [3.05, 3.63) is 70.8 Å². The van der Waals surface area contributed by atoms with Crippen LogP contribution in [-0.4, -0.2) is 74.7 Å². The molecule has 4 N–H and O–H groups in total. The molecule has 2 aliphatic rings. The molecule has 0 aromatic heterocycles. The maximum atomic E-state index is 14.3. The number of benzene rings is 2. The molecule has 2 aromatic carbocycles. The number of carboxylic acids is 1. The van der Waals surface area contributed by atoms with Crippen molar-refractivity contribution in [3.8, 4) is 0 Å². The van der Waals surface area contributed by atoms with Crippen LogP contribution in [0.25, 0.3) is 0 Å². The van der Waals surface area contributed by atoms with E-state index in [1.807, 2.05) is 18.2 Å². The summed E-state index contributed by atoms with van der Waals surface area (Å²) in [6, 6.07) is 11.8. The summed E-state index contributed by atoms with van der Waals surface area (Å²) in [6.07, 6.45) is -1.14. The van der Waals surface area contributed by atoms with Crippen LogP contribution in [0.15, 0.2) is 42.5 Å². The average Bonchev–Trinajstić information content (AvgIpc) is 3.13. The van der Waals surface area contributed by atoms with Gasteiger partial charge in [-0.05, 0) is 75.3 Å². The predicted molar refractivity (Wildman–Crippen MR) is 142 cm³/mol. The van der Waals surface area contributed by atoms with E-state index in [2.05, 4.69) is 4.90 Å². The molecule has 2 heterocycles. The van der Waals surface area contributed by atoms with Gasteiger partial charge in [0.15, 0.2) is 0 Å². The van der Waals surface area contributed by atoms with Crippen LogP contribution in [0.5, 0.6) is 0 Å². The minimum absolute atomic E-state index is 0.180. The fourth-order valence-corrected chi connectivity index (χ4v) is 5.61. The molecule has 2 bridgehead atoms. The van der Waals surface area contributed by atoms with E-state index < -0.39 is 41.2 Å². The van der Waals surface area contributed by atoms with Crippen LogP contribution < -0.4 is 5.73 Å². The molecule has 42 heavy (non-hydrogen) atoms. The maximum Gasteiger partial charge on any atom is 0.490 e. The number of fused-ring (bicyclic) bond motifs is 2. The molecule has 2 saturated heterocycles. The first-order valence-corrected chi connectivity index (χ1v) is 13.4. The lowest BCUT2D eigenvalue weighted by molar-refractivity contribution is -0.192. The number of nitrogens with two attached hydrogens (primary N) is 1. The Morgan fingerprint density at radius 1 is 1.00 bits per heavy atom. The van der Waals surface area contributed by atoms with E-state index in [4.69, 9.17) is 15.6 Å². The van der Waals surface area contributed by atoms with Gasteiger partial charge in [-0.3, -0.25) is 14.5 Å². The third-order valence-corrected chi connectivity index (χ3v) is 7.62. The molecule has 2 aromatic rings. The summed E-state index contributed by atoms with van der Waals surface area (Å²) in [6.45, 7) is 3.34. The van der Waals surface area contributed by atoms with Gasteiger partial charge in [0.2, 0.25) is 5.91 Å². The lowest BCUT2D eigenvalue weighted by Gasteiger charge is -2.40. The molecular formula is C29H34F5N3O5. The van der Waals surface area contributed by atoms with Gasteiger partial charge in [0.1, 0.15) is 17.2 Å². The molecule has 0 radical (unpaired) electrons. The zero-order valence-electron chi connectivity index (χ0n) is 23.2. The number of carbonyl (C=O) groups is 3. The Balaban J connectivity index is 0.000000616. The van der Waals surface area contributed by atoms with Crippen molar-refractivity contribution in [2.45, 2.75) is 75.9 Å². The van der Waals surface area contributed by atoms with Crippen LogP contribution in [0.1, 0.15) is 66.9 Å². The number of nitrogens with zero attached hydrogens (tertiary/aromatic N) is 2. The molecule has 0 saturated carbocycles. The molecule has 13 heteroatoms. The molecule has 2 aliphatic heterocycles. The van der Waals surface area contributed by atoms with Crippen molar-refractivity contribution < 1.29 is 46.5 Å². The van der Waals surface area contributed by atoms with Crippen LogP contribution in [0.3, 0.4) is 0 Å². The highest BCUT2D eigenvalue weighted by Gasteiger charge is 2.42. The monoisotopic (exact) mass is 599 g/mol. The first-order chi connectivity index (χ1) is 19.5. The third-order valence-electron chi connectivity index (χ3n) is 7.62. The molecule has 2 atom stereocenters. The molecule has 0 spiro atoms. The summed E-state index contributed by atoms with van der Waals surface area (Å²) >= 11 is 0. The second-order valence-electron chi connectivity index (χ2n) is 11.1. The fourth-order valence-electron chi connectivity index (χ4n) is 5.61. The Hall–Kier alpha value is -3.58. The number of carboxylic acid groups (broad SMARTS) is 1. The van der Waals surface area contributed by atoms with Crippen LogP contribution >= 0.6 is 0 Å². The average molecular weight is 600 g/mol. The minimum Gasteiger partial charge on any atom is -0.475 e. The van der Waals surface area contributed by atoms with Crippen LogP contribution in [-0.2, 0) is 16.1 Å². The van der Waals surface area contributed by atoms with Gasteiger partial charge in [0.25, 0.3) is 5.91 Å². The van der Waals surface area contributed by atoms with E-state index in [1.54, 1.807) is 6.07 Å². The van der Waals surface area contributed by atoms with E-state index in [-0.39, 0.29) is 18.7 Å². The minimum atomic E-state index is -5.08. The molecule has 0 aliphatic carbocycles. The van der Waals surface area contributed by atoms with Crippen LogP contribution in [0, 0.1) is 11.6 Å². The first-order valence-electron chi connectivity index (χ1n) is 13.4. The van der Waals surface area contributed by atoms with Crippen molar-refractivity contribution in [3.63, 3.8) is 0 Å². The summed E-state index contributed by atoms with van der Waals surface area (Å²) in [5.41, 5.74) is 5.25. The van der Waals surface area contributed by atoms with Gasteiger partial charge >= 0.3 is 12.1 Å². The number of hydrogen-bond donors (Lipinski definition) is 3. The Bertz CT molecular complexity index is 1260. The Morgan fingerprint density at radius 3 is 2.00 bits per heavy atom. The van der Waals surface area contributed by atoms with E-state index in [1.165, 1.54) is 36.9 Å². The molecule has 2 unspecified atom stereocenters. The highest BCUT2D eigenvalue weighted by atomic mass is 19.4. The summed E-state index contributed by atoms with van der Waals surface area (Å²) in [4.78, 5) is 37.2. The molecular weight excluding hydrogens is 565 g/mol. The Labute approximate surface area is 239 Å². The number of rotatable bonds is 8. The Morgan fingerprint density at radius 2 is 1.52 bits per heavy atom. The number of carbonyl (C=O) groups excluding carboxylic acids is 2. The molecule has 8 nitrogen and oxygen atoms in total. The lowest BCUT2D eigenvalue weighted by atomic mass is 9.84. The topological polar surface area (TPSA) is 124 Å². The number of aliphatic hydroxyl groups is 1. The van der Waals surface area contributed by atoms with E-state index in [0.29, 0.717) is 30.1 Å². The van der Waals surface area contributed by atoms with Gasteiger partial charge in [-0.25, -0.2) is 13.6 Å². The summed E-state index contributed by atoms with van der Waals surface area (Å²) in [5.74, 6) is -4.85. The van der Waals surface area contributed by atoms with Crippen LogP contribution in [0.4, 0.5) is 22.0 Å². The first kappa shape index (κ1) is 32.9. The summed E-state index contributed by atoms with van der Waals surface area (Å²) < 4.78 is 60.3. The van der Waals surface area contributed by atoms with E-state index in [9.17, 15) is 36.6 Å². The second-order valence-corrected chi connectivity index (χ2v) is 11.1. The zero-order chi connectivity index (χ0) is 31.4. The van der Waals surface area contributed by atoms with Crippen molar-refractivity contribution >= 4 is 17.8 Å². The zero-order valence-corrected chi connectivity index (χ0v) is 23.2. The van der Waals surface area contributed by atoms with Gasteiger partial charge < -0.3 is 20.8 Å². The number of halogens is 5. The van der Waals surface area contributed by atoms with Gasteiger partial charge in [-0.15, -0.1) is 0 Å². The third kappa shape index (κ3) is 8.25. The maximum absolute atomic E-state index is 14.3. The number of hydrogen-bond acceptors (Lipinski definition) is 5. The standard InChI is InChI=1S/C27H33F2N3O3.C2HF3O2/c1-27(2,35)26(34)31(16-22-23(28)7-4-8-24(22)29)11-12-32-20-9-10-21(32)15-19(14-20)17-5-3-6-18(13-17)25(30)33;3-2(4,5)1(6)7/h3-8,13,19-21,35H,9-12,14-16H2,1-2H3,(H2,30,33);(H,6,7). The number of aliphatic carboxylic acids is 1. The van der Waals surface area contributed by atoms with E-state index >= 15 is 0 Å². The van der Waals surface area contributed by atoms with Crippen molar-refractivity contribution in [1.29, 1.82) is 0 Å². The fraction of sp³-hybridized carbons (Fsp3) is 0.483. The van der Waals surface area contributed by atoms with Gasteiger partial charge in [-0.1, -0.05) is 18.2 Å². The Kier molecular flexibility index (Phi) is 10.3. The number of piperidine rings is 1. The summed E-state index contributed by atoms with van der Waals surface area (Å²) in [7, 11) is 0. The van der Waals surface area contributed by atoms with Gasteiger partial charge in [0, 0.05) is 36.3 Å². The van der Waals surface area contributed by atoms with Gasteiger partial charge in [-0.2, -0.15) is 13.2 Å². The number of amides is 2. The molecule has 4 rings (SSSR count). The van der Waals surface area contributed by atoms with Crippen molar-refractivity contribution in [2.75, 3.05) is 13.1 Å². The van der Waals surface area contributed by atoms with Crippen molar-refractivity contribution in [1.82, 2.24) is 9.80 Å². The smallest absolute Gasteiger partial charge is 0.475 e. The predicted octanol–water partition coefficient (Wildman–Crippen LogP) is 4.21. The van der Waals surface area contributed by atoms with E-state index in [0.717, 1.165) is 31.2 Å². The normalized spacial score (nSPS) is 20.4. The highest BCUT2D eigenvalue weighted by molar-refractivity contribution is 5.92. The summed E-state index contributed by atoms with van der Waals surface area (Å²) in [5, 5.41) is 17.4. The van der Waals surface area contributed by atoms with Crippen LogP contribution in [0.2, 0.25) is 0 Å². The van der Waals surface area contributed by atoms with Crippen molar-refractivity contribution in [2.24, 2.45) is 5.73 Å². The number of alkyl halides is 3. The lowest BCUT2D eigenvalue weighted by Crippen LogP contribution is -2.50. The second kappa shape index (κ2) is 13.2. The SMILES string of the molecule is CC(C)(O)C(=O)N(CCN1C2CCC1CC(c1cccc(C(N)=O)c1)C2)Cc1c(F)cccc1F.O=C(O)C(F)(F)F.